The Kier molecular flexibility index (Phi) is 3.25. The molecule has 0 aliphatic carbocycles. The van der Waals surface area contributed by atoms with E-state index in [2.05, 4.69) is 20.9 Å². The minimum absolute atomic E-state index is 0.540. The SMILES string of the molecule is COc1ccc(Br)c(C2=Nc3ccccc3CO2)c1. The molecule has 0 unspecified atom stereocenters. The second-order valence-corrected chi connectivity index (χ2v) is 5.03. The lowest BCUT2D eigenvalue weighted by Crippen LogP contribution is -2.11. The quantitative estimate of drug-likeness (QED) is 0.836. The Morgan fingerprint density at radius 2 is 2.05 bits per heavy atom. The second-order valence-electron chi connectivity index (χ2n) is 4.18. The largest absolute Gasteiger partial charge is 0.497 e. The molecule has 0 fully saturated rings. The molecule has 3 nitrogen and oxygen atoms in total. The first-order chi connectivity index (χ1) is 9.28. The van der Waals surface area contributed by atoms with Crippen LogP contribution in [-0.2, 0) is 11.3 Å². The Labute approximate surface area is 120 Å². The molecule has 96 valence electrons. The van der Waals surface area contributed by atoms with Gasteiger partial charge in [0.2, 0.25) is 5.90 Å². The highest BCUT2D eigenvalue weighted by Crippen LogP contribution is 2.30. The highest BCUT2D eigenvalue weighted by atomic mass is 79.9. The van der Waals surface area contributed by atoms with Gasteiger partial charge in [-0.15, -0.1) is 0 Å². The van der Waals surface area contributed by atoms with Gasteiger partial charge in [-0.3, -0.25) is 0 Å². The third-order valence-corrected chi connectivity index (χ3v) is 3.67. The number of hydrogen-bond donors (Lipinski definition) is 0. The topological polar surface area (TPSA) is 30.8 Å². The van der Waals surface area contributed by atoms with Crippen molar-refractivity contribution in [1.29, 1.82) is 0 Å². The van der Waals surface area contributed by atoms with Crippen molar-refractivity contribution in [2.45, 2.75) is 6.61 Å². The molecule has 0 bridgehead atoms. The maximum absolute atomic E-state index is 5.74. The molecule has 0 amide bonds. The van der Waals surface area contributed by atoms with Crippen LogP contribution < -0.4 is 4.74 Å². The lowest BCUT2D eigenvalue weighted by molar-refractivity contribution is 0.288. The third kappa shape index (κ3) is 2.36. The summed E-state index contributed by atoms with van der Waals surface area (Å²) in [5, 5.41) is 0. The van der Waals surface area contributed by atoms with Crippen LogP contribution in [0.3, 0.4) is 0 Å². The van der Waals surface area contributed by atoms with Crippen LogP contribution in [0.15, 0.2) is 51.9 Å². The number of hydrogen-bond acceptors (Lipinski definition) is 3. The average molecular weight is 318 g/mol. The number of rotatable bonds is 2. The normalized spacial score (nSPS) is 13.3. The predicted molar refractivity (Wildman–Crippen MR) is 78.1 cm³/mol. The molecule has 1 aliphatic heterocycles. The summed E-state index contributed by atoms with van der Waals surface area (Å²) >= 11 is 3.52. The molecule has 1 heterocycles. The van der Waals surface area contributed by atoms with E-state index in [0.717, 1.165) is 27.0 Å². The molecule has 0 radical (unpaired) electrons. The van der Waals surface area contributed by atoms with Crippen molar-refractivity contribution in [1.82, 2.24) is 0 Å². The average Bonchev–Trinajstić information content (AvgIpc) is 2.47. The summed E-state index contributed by atoms with van der Waals surface area (Å²) in [4.78, 5) is 4.56. The van der Waals surface area contributed by atoms with Gasteiger partial charge in [-0.25, -0.2) is 4.99 Å². The molecular weight excluding hydrogens is 306 g/mol. The fourth-order valence-corrected chi connectivity index (χ4v) is 2.38. The molecule has 0 saturated carbocycles. The molecule has 0 aromatic heterocycles. The Morgan fingerprint density at radius 3 is 2.89 bits per heavy atom. The van der Waals surface area contributed by atoms with E-state index in [-0.39, 0.29) is 0 Å². The summed E-state index contributed by atoms with van der Waals surface area (Å²) in [6.07, 6.45) is 0. The van der Waals surface area contributed by atoms with E-state index in [1.165, 1.54) is 0 Å². The summed E-state index contributed by atoms with van der Waals surface area (Å²) in [5.41, 5.74) is 2.96. The van der Waals surface area contributed by atoms with Crippen LogP contribution in [0, 0.1) is 0 Å². The van der Waals surface area contributed by atoms with E-state index in [4.69, 9.17) is 9.47 Å². The highest BCUT2D eigenvalue weighted by molar-refractivity contribution is 9.10. The van der Waals surface area contributed by atoms with Gasteiger partial charge in [0.1, 0.15) is 12.4 Å². The monoisotopic (exact) mass is 317 g/mol. The van der Waals surface area contributed by atoms with Gasteiger partial charge in [0.25, 0.3) is 0 Å². The zero-order valence-electron chi connectivity index (χ0n) is 10.4. The fourth-order valence-electron chi connectivity index (χ4n) is 1.96. The van der Waals surface area contributed by atoms with Gasteiger partial charge in [0, 0.05) is 10.0 Å². The predicted octanol–water partition coefficient (Wildman–Crippen LogP) is 4.07. The van der Waals surface area contributed by atoms with Crippen LogP contribution in [0.2, 0.25) is 0 Å². The molecule has 1 aliphatic rings. The minimum Gasteiger partial charge on any atom is -0.497 e. The van der Waals surface area contributed by atoms with Gasteiger partial charge in [0.15, 0.2) is 0 Å². The van der Waals surface area contributed by atoms with Crippen molar-refractivity contribution in [2.24, 2.45) is 4.99 Å². The first-order valence-electron chi connectivity index (χ1n) is 5.91. The fraction of sp³-hybridized carbons (Fsp3) is 0.133. The van der Waals surface area contributed by atoms with E-state index in [9.17, 15) is 0 Å². The zero-order chi connectivity index (χ0) is 13.2. The van der Waals surface area contributed by atoms with Crippen molar-refractivity contribution in [3.63, 3.8) is 0 Å². The second kappa shape index (κ2) is 5.05. The van der Waals surface area contributed by atoms with Crippen molar-refractivity contribution in [3.8, 4) is 5.75 Å². The van der Waals surface area contributed by atoms with Crippen LogP contribution in [0.25, 0.3) is 0 Å². The summed E-state index contributed by atoms with van der Waals surface area (Å²) in [7, 11) is 1.64. The van der Waals surface area contributed by atoms with E-state index < -0.39 is 0 Å². The number of fused-ring (bicyclic) bond motifs is 1. The molecule has 0 spiro atoms. The minimum atomic E-state index is 0.540. The number of methoxy groups -OCH3 is 1. The van der Waals surface area contributed by atoms with Gasteiger partial charge in [-0.05, 0) is 40.2 Å². The Hall–Kier alpha value is -1.81. The van der Waals surface area contributed by atoms with Gasteiger partial charge < -0.3 is 9.47 Å². The van der Waals surface area contributed by atoms with Crippen LogP contribution in [0.1, 0.15) is 11.1 Å². The number of halogens is 1. The highest BCUT2D eigenvalue weighted by Gasteiger charge is 2.17. The summed E-state index contributed by atoms with van der Waals surface area (Å²) in [5.74, 6) is 1.40. The van der Waals surface area contributed by atoms with Crippen LogP contribution >= 0.6 is 15.9 Å². The van der Waals surface area contributed by atoms with Gasteiger partial charge >= 0.3 is 0 Å². The maximum atomic E-state index is 5.74. The Balaban J connectivity index is 2.07. The smallest absolute Gasteiger partial charge is 0.222 e. The third-order valence-electron chi connectivity index (χ3n) is 2.98. The number of ether oxygens (including phenoxy) is 2. The number of para-hydroxylation sites is 1. The van der Waals surface area contributed by atoms with Crippen LogP contribution in [-0.4, -0.2) is 13.0 Å². The van der Waals surface area contributed by atoms with Crippen LogP contribution in [0.5, 0.6) is 5.75 Å². The Morgan fingerprint density at radius 1 is 1.21 bits per heavy atom. The molecule has 19 heavy (non-hydrogen) atoms. The maximum Gasteiger partial charge on any atom is 0.222 e. The lowest BCUT2D eigenvalue weighted by Gasteiger charge is -2.18. The van der Waals surface area contributed by atoms with E-state index in [1.54, 1.807) is 7.11 Å². The van der Waals surface area contributed by atoms with Gasteiger partial charge in [0.05, 0.1) is 18.4 Å². The molecule has 2 aromatic carbocycles. The van der Waals surface area contributed by atoms with Crippen molar-refractivity contribution >= 4 is 27.5 Å². The molecule has 3 rings (SSSR count). The van der Waals surface area contributed by atoms with Gasteiger partial charge in [-0.1, -0.05) is 18.2 Å². The molecule has 2 aromatic rings. The number of aliphatic imine (C=N–C) groups is 1. The summed E-state index contributed by atoms with van der Waals surface area (Å²) in [6, 6.07) is 13.7. The van der Waals surface area contributed by atoms with Gasteiger partial charge in [-0.2, -0.15) is 0 Å². The summed E-state index contributed by atoms with van der Waals surface area (Å²) < 4.78 is 11.9. The molecule has 4 heteroatoms. The summed E-state index contributed by atoms with van der Waals surface area (Å²) in [6.45, 7) is 0.540. The molecule has 0 atom stereocenters. The zero-order valence-corrected chi connectivity index (χ0v) is 12.0. The number of benzene rings is 2. The molecule has 0 saturated heterocycles. The lowest BCUT2D eigenvalue weighted by atomic mass is 10.1. The van der Waals surface area contributed by atoms with E-state index in [0.29, 0.717) is 12.5 Å². The standard InChI is InChI=1S/C15H12BrNO2/c1-18-11-6-7-13(16)12(8-11)15-17-14-5-3-2-4-10(14)9-19-15/h2-8H,9H2,1H3. The first-order valence-corrected chi connectivity index (χ1v) is 6.70. The molecule has 0 N–H and O–H groups in total. The van der Waals surface area contributed by atoms with Crippen LogP contribution in [0.4, 0.5) is 5.69 Å². The molecular formula is C15H12BrNO2. The van der Waals surface area contributed by atoms with Crippen molar-refractivity contribution < 1.29 is 9.47 Å². The number of nitrogens with zero attached hydrogens (tertiary/aromatic N) is 1. The van der Waals surface area contributed by atoms with E-state index >= 15 is 0 Å². The van der Waals surface area contributed by atoms with E-state index in [1.807, 2.05) is 42.5 Å². The first kappa shape index (κ1) is 12.2. The Bertz CT molecular complexity index is 652. The van der Waals surface area contributed by atoms with Crippen molar-refractivity contribution in [2.75, 3.05) is 7.11 Å². The van der Waals surface area contributed by atoms with Crippen molar-refractivity contribution in [3.05, 3.63) is 58.1 Å².